The van der Waals surface area contributed by atoms with E-state index >= 15 is 0 Å². The molecule has 0 radical (unpaired) electrons. The van der Waals surface area contributed by atoms with Crippen LogP contribution in [-0.4, -0.2) is 39.2 Å². The molecule has 20 heavy (non-hydrogen) atoms. The van der Waals surface area contributed by atoms with Gasteiger partial charge in [0, 0.05) is 41.2 Å². The largest absolute Gasteiger partial charge is 0.494 e. The van der Waals surface area contributed by atoms with Crippen molar-refractivity contribution < 1.29 is 9.13 Å². The summed E-state index contributed by atoms with van der Waals surface area (Å²) in [7, 11) is 1.46. The lowest BCUT2D eigenvalue weighted by Crippen LogP contribution is -2.21. The van der Waals surface area contributed by atoms with Gasteiger partial charge in [-0.3, -0.25) is 0 Å². The van der Waals surface area contributed by atoms with Crippen LogP contribution >= 0.6 is 23.5 Å². The molecule has 1 unspecified atom stereocenters. The molecule has 1 saturated heterocycles. The van der Waals surface area contributed by atoms with Crippen LogP contribution in [-0.2, 0) is 6.54 Å². The number of benzene rings is 1. The van der Waals surface area contributed by atoms with E-state index in [0.717, 1.165) is 17.8 Å². The maximum absolute atomic E-state index is 13.7. The monoisotopic (exact) mass is 313 g/mol. The van der Waals surface area contributed by atoms with E-state index < -0.39 is 5.82 Å². The summed E-state index contributed by atoms with van der Waals surface area (Å²) in [6.45, 7) is 0.800. The predicted octanol–water partition coefficient (Wildman–Crippen LogP) is 2.61. The number of anilines is 1. The van der Waals surface area contributed by atoms with E-state index in [4.69, 9.17) is 10.5 Å². The van der Waals surface area contributed by atoms with E-state index in [1.807, 2.05) is 28.1 Å². The molecule has 0 aliphatic carbocycles. The van der Waals surface area contributed by atoms with Crippen molar-refractivity contribution in [2.45, 2.75) is 11.8 Å². The molecule has 1 aromatic carbocycles. The van der Waals surface area contributed by atoms with Gasteiger partial charge in [0.2, 0.25) is 5.95 Å². The number of halogens is 1. The summed E-state index contributed by atoms with van der Waals surface area (Å²) in [6.07, 6.45) is 0. The number of rotatable bonds is 3. The molecule has 108 valence electrons. The Morgan fingerprint density at radius 2 is 2.35 bits per heavy atom. The first-order chi connectivity index (χ1) is 9.69. The molecule has 2 heterocycles. The molecule has 7 heteroatoms. The lowest BCUT2D eigenvalue weighted by Gasteiger charge is -2.22. The van der Waals surface area contributed by atoms with Crippen molar-refractivity contribution in [2.75, 3.05) is 30.1 Å². The standard InChI is InChI=1S/C13H16FN3OS2/c1-18-12-5-11-10(4-9(12)14)16-13(15)17(11)6-8-7-19-2-3-20-8/h4-5,8H,2-3,6-7H2,1H3,(H2,15,16). The molecule has 1 aliphatic heterocycles. The Morgan fingerprint density at radius 3 is 3.05 bits per heavy atom. The Bertz CT molecular complexity index is 626. The second-order valence-corrected chi connectivity index (χ2v) is 7.18. The number of imidazole rings is 1. The average molecular weight is 313 g/mol. The molecule has 0 amide bonds. The van der Waals surface area contributed by atoms with Gasteiger partial charge in [0.1, 0.15) is 0 Å². The Labute approximate surface area is 125 Å². The smallest absolute Gasteiger partial charge is 0.201 e. The van der Waals surface area contributed by atoms with Gasteiger partial charge in [-0.25, -0.2) is 9.37 Å². The van der Waals surface area contributed by atoms with Crippen molar-refractivity contribution in [3.05, 3.63) is 17.9 Å². The molecule has 0 bridgehead atoms. The number of aromatic nitrogens is 2. The molecule has 1 atom stereocenters. The highest BCUT2D eigenvalue weighted by molar-refractivity contribution is 8.06. The van der Waals surface area contributed by atoms with Crippen molar-refractivity contribution in [3.8, 4) is 5.75 Å². The summed E-state index contributed by atoms with van der Waals surface area (Å²) < 4.78 is 20.7. The Kier molecular flexibility index (Phi) is 3.98. The summed E-state index contributed by atoms with van der Waals surface area (Å²) in [5.41, 5.74) is 7.39. The van der Waals surface area contributed by atoms with Gasteiger partial charge in [0.05, 0.1) is 18.1 Å². The number of nitrogen functional groups attached to an aromatic ring is 1. The minimum Gasteiger partial charge on any atom is -0.494 e. The Hall–Kier alpha value is -1.08. The van der Waals surface area contributed by atoms with Gasteiger partial charge in [0.25, 0.3) is 0 Å². The van der Waals surface area contributed by atoms with Gasteiger partial charge >= 0.3 is 0 Å². The van der Waals surface area contributed by atoms with Crippen molar-refractivity contribution >= 4 is 40.5 Å². The number of hydrogen-bond donors (Lipinski definition) is 1. The maximum atomic E-state index is 13.7. The molecular formula is C13H16FN3OS2. The lowest BCUT2D eigenvalue weighted by atomic mass is 10.3. The van der Waals surface area contributed by atoms with Crippen LogP contribution in [0.15, 0.2) is 12.1 Å². The molecule has 1 fully saturated rings. The molecule has 1 aromatic heterocycles. The van der Waals surface area contributed by atoms with Crippen molar-refractivity contribution in [2.24, 2.45) is 0 Å². The number of thioether (sulfide) groups is 2. The summed E-state index contributed by atoms with van der Waals surface area (Å²) in [4.78, 5) is 4.24. The van der Waals surface area contributed by atoms with Crippen molar-refractivity contribution in [1.82, 2.24) is 9.55 Å². The first kappa shape index (κ1) is 13.9. The first-order valence-electron chi connectivity index (χ1n) is 6.37. The van der Waals surface area contributed by atoms with Gasteiger partial charge in [-0.2, -0.15) is 23.5 Å². The number of methoxy groups -OCH3 is 1. The molecule has 3 rings (SSSR count). The quantitative estimate of drug-likeness (QED) is 0.944. The van der Waals surface area contributed by atoms with Gasteiger partial charge in [-0.1, -0.05) is 0 Å². The minimum atomic E-state index is -0.410. The predicted molar refractivity (Wildman–Crippen MR) is 84.2 cm³/mol. The molecule has 2 aromatic rings. The van der Waals surface area contributed by atoms with E-state index in [-0.39, 0.29) is 5.75 Å². The second-order valence-electron chi connectivity index (χ2n) is 4.62. The van der Waals surface area contributed by atoms with Gasteiger partial charge in [0.15, 0.2) is 11.6 Å². The molecule has 4 nitrogen and oxygen atoms in total. The van der Waals surface area contributed by atoms with E-state index in [1.165, 1.54) is 24.7 Å². The van der Waals surface area contributed by atoms with Crippen LogP contribution in [0.5, 0.6) is 5.75 Å². The SMILES string of the molecule is COc1cc2c(cc1F)nc(N)n2CC1CSCCS1. The van der Waals surface area contributed by atoms with Crippen LogP contribution in [0.3, 0.4) is 0 Å². The summed E-state index contributed by atoms with van der Waals surface area (Å²) in [5.74, 6) is 3.74. The zero-order valence-electron chi connectivity index (χ0n) is 11.1. The van der Waals surface area contributed by atoms with Crippen LogP contribution in [0.1, 0.15) is 0 Å². The van der Waals surface area contributed by atoms with Gasteiger partial charge in [-0.05, 0) is 0 Å². The number of fused-ring (bicyclic) bond motifs is 1. The van der Waals surface area contributed by atoms with Crippen LogP contribution in [0.4, 0.5) is 10.3 Å². The number of ether oxygens (including phenoxy) is 1. The summed E-state index contributed by atoms with van der Waals surface area (Å²) in [6, 6.07) is 3.05. The third-order valence-electron chi connectivity index (χ3n) is 3.32. The highest BCUT2D eigenvalue weighted by Crippen LogP contribution is 2.30. The second kappa shape index (κ2) is 5.73. The third kappa shape index (κ3) is 2.56. The maximum Gasteiger partial charge on any atom is 0.201 e. The first-order valence-corrected chi connectivity index (χ1v) is 8.58. The molecule has 0 saturated carbocycles. The van der Waals surface area contributed by atoms with Crippen molar-refractivity contribution in [3.63, 3.8) is 0 Å². The number of hydrogen-bond acceptors (Lipinski definition) is 5. The zero-order chi connectivity index (χ0) is 14.1. The van der Waals surface area contributed by atoms with Gasteiger partial charge < -0.3 is 15.0 Å². The fraction of sp³-hybridized carbons (Fsp3) is 0.462. The van der Waals surface area contributed by atoms with E-state index in [9.17, 15) is 4.39 Å². The normalized spacial score (nSPS) is 19.4. The van der Waals surface area contributed by atoms with Crippen LogP contribution in [0, 0.1) is 5.82 Å². The number of nitrogens with two attached hydrogens (primary N) is 1. The van der Waals surface area contributed by atoms with E-state index in [0.29, 0.717) is 16.7 Å². The Balaban J connectivity index is 1.98. The van der Waals surface area contributed by atoms with Crippen LogP contribution in [0.2, 0.25) is 0 Å². The lowest BCUT2D eigenvalue weighted by molar-refractivity contribution is 0.387. The highest BCUT2D eigenvalue weighted by Gasteiger charge is 2.19. The third-order valence-corrected chi connectivity index (χ3v) is 6.15. The average Bonchev–Trinajstić information content (AvgIpc) is 2.74. The molecule has 0 spiro atoms. The molecule has 1 aliphatic rings. The summed E-state index contributed by atoms with van der Waals surface area (Å²) in [5, 5.41) is 0.518. The fourth-order valence-electron chi connectivity index (χ4n) is 2.34. The minimum absolute atomic E-state index is 0.226. The highest BCUT2D eigenvalue weighted by atomic mass is 32.2. The number of nitrogens with zero attached hydrogens (tertiary/aromatic N) is 2. The Morgan fingerprint density at radius 1 is 1.50 bits per heavy atom. The summed E-state index contributed by atoms with van der Waals surface area (Å²) >= 11 is 3.93. The van der Waals surface area contributed by atoms with Crippen LogP contribution in [0.25, 0.3) is 11.0 Å². The van der Waals surface area contributed by atoms with Crippen LogP contribution < -0.4 is 10.5 Å². The zero-order valence-corrected chi connectivity index (χ0v) is 12.8. The van der Waals surface area contributed by atoms with E-state index in [1.54, 1.807) is 6.07 Å². The van der Waals surface area contributed by atoms with Gasteiger partial charge in [-0.15, -0.1) is 0 Å². The molecular weight excluding hydrogens is 297 g/mol. The molecule has 2 N–H and O–H groups in total. The van der Waals surface area contributed by atoms with E-state index in [2.05, 4.69) is 4.98 Å². The van der Waals surface area contributed by atoms with Crippen molar-refractivity contribution in [1.29, 1.82) is 0 Å². The fourth-order valence-corrected chi connectivity index (χ4v) is 4.99. The topological polar surface area (TPSA) is 53.1 Å².